The van der Waals surface area contributed by atoms with Gasteiger partial charge in [0.25, 0.3) is 5.91 Å². The highest BCUT2D eigenvalue weighted by Gasteiger charge is 2.23. The summed E-state index contributed by atoms with van der Waals surface area (Å²) < 4.78 is 4.39. The molecule has 1 aromatic rings. The fourth-order valence-corrected chi connectivity index (χ4v) is 1.57. The van der Waals surface area contributed by atoms with Crippen LogP contribution in [0.2, 0.25) is 0 Å². The van der Waals surface area contributed by atoms with Crippen LogP contribution >= 0.6 is 0 Å². The van der Waals surface area contributed by atoms with Crippen LogP contribution in [0.5, 0.6) is 11.5 Å². The quantitative estimate of drug-likeness (QED) is 0.552. The molecule has 0 aliphatic heterocycles. The second-order valence-corrected chi connectivity index (χ2v) is 4.18. The summed E-state index contributed by atoms with van der Waals surface area (Å²) in [5.41, 5.74) is -0.183. The molecule has 0 saturated carbocycles. The molecule has 1 aromatic carbocycles. The number of esters is 1. The highest BCUT2D eigenvalue weighted by Crippen LogP contribution is 2.22. The number of hydrogen-bond donors (Lipinski definition) is 4. The number of carbonyl (C=O) groups excluding carboxylic acids is 2. The number of hydrogen-bond acceptors (Lipinski definition) is 6. The Morgan fingerprint density at radius 2 is 1.95 bits per heavy atom. The van der Waals surface area contributed by atoms with Gasteiger partial charge in [-0.3, -0.25) is 9.59 Å². The van der Waals surface area contributed by atoms with Crippen molar-refractivity contribution in [2.75, 3.05) is 7.11 Å². The number of benzene rings is 1. The minimum Gasteiger partial charge on any atom is -0.508 e. The van der Waals surface area contributed by atoms with Gasteiger partial charge in [0, 0.05) is 12.5 Å². The number of aliphatic carboxylic acids is 1. The zero-order valence-electron chi connectivity index (χ0n) is 11.2. The van der Waals surface area contributed by atoms with E-state index in [-0.39, 0.29) is 24.2 Å². The third-order valence-electron chi connectivity index (χ3n) is 2.69. The third kappa shape index (κ3) is 4.68. The number of carboxylic acids is 1. The van der Waals surface area contributed by atoms with Crippen molar-refractivity contribution in [1.82, 2.24) is 5.32 Å². The summed E-state index contributed by atoms with van der Waals surface area (Å²) in [4.78, 5) is 33.9. The van der Waals surface area contributed by atoms with Crippen molar-refractivity contribution in [3.05, 3.63) is 23.8 Å². The number of methoxy groups -OCH3 is 1. The van der Waals surface area contributed by atoms with Gasteiger partial charge < -0.3 is 25.4 Å². The molecule has 0 unspecified atom stereocenters. The minimum absolute atomic E-state index is 0.146. The van der Waals surface area contributed by atoms with Crippen LogP contribution < -0.4 is 5.32 Å². The lowest BCUT2D eigenvalue weighted by atomic mass is 10.1. The van der Waals surface area contributed by atoms with Crippen molar-refractivity contribution in [2.24, 2.45) is 0 Å². The third-order valence-corrected chi connectivity index (χ3v) is 2.69. The van der Waals surface area contributed by atoms with Gasteiger partial charge in [0.05, 0.1) is 12.7 Å². The molecular weight excluding hydrogens is 282 g/mol. The van der Waals surface area contributed by atoms with Crippen LogP contribution in [0.15, 0.2) is 18.2 Å². The first-order valence-electron chi connectivity index (χ1n) is 5.97. The van der Waals surface area contributed by atoms with Crippen molar-refractivity contribution >= 4 is 17.8 Å². The standard InChI is InChI=1S/C13H15NO7/c1-21-11(17)5-4-9(13(19)20)14-12(18)8-3-2-7(15)6-10(8)16/h2-3,6,9,15-16H,4-5H2,1H3,(H,14,18)(H,19,20)/t9-/m1/s1. The van der Waals surface area contributed by atoms with Crippen molar-refractivity contribution < 1.29 is 34.4 Å². The summed E-state index contributed by atoms with van der Waals surface area (Å²) in [7, 11) is 1.17. The highest BCUT2D eigenvalue weighted by molar-refractivity contribution is 5.99. The summed E-state index contributed by atoms with van der Waals surface area (Å²) in [5, 5.41) is 29.8. The fraction of sp³-hybridized carbons (Fsp3) is 0.308. The van der Waals surface area contributed by atoms with Gasteiger partial charge in [-0.05, 0) is 18.6 Å². The van der Waals surface area contributed by atoms with Gasteiger partial charge in [0.15, 0.2) is 0 Å². The van der Waals surface area contributed by atoms with E-state index in [9.17, 15) is 19.5 Å². The van der Waals surface area contributed by atoms with Gasteiger partial charge in [0.1, 0.15) is 17.5 Å². The predicted molar refractivity (Wildman–Crippen MR) is 69.9 cm³/mol. The van der Waals surface area contributed by atoms with Gasteiger partial charge >= 0.3 is 11.9 Å². The van der Waals surface area contributed by atoms with Crippen molar-refractivity contribution in [2.45, 2.75) is 18.9 Å². The molecule has 0 heterocycles. The van der Waals surface area contributed by atoms with Crippen LogP contribution in [0, 0.1) is 0 Å². The van der Waals surface area contributed by atoms with Crippen molar-refractivity contribution in [3.63, 3.8) is 0 Å². The van der Waals surface area contributed by atoms with Crippen LogP contribution in [-0.4, -0.2) is 46.3 Å². The number of rotatable bonds is 6. The first-order valence-corrected chi connectivity index (χ1v) is 5.97. The number of aromatic hydroxyl groups is 2. The highest BCUT2D eigenvalue weighted by atomic mass is 16.5. The topological polar surface area (TPSA) is 133 Å². The van der Waals surface area contributed by atoms with Crippen LogP contribution in [0.25, 0.3) is 0 Å². The monoisotopic (exact) mass is 297 g/mol. The summed E-state index contributed by atoms with van der Waals surface area (Å²) >= 11 is 0. The van der Waals surface area contributed by atoms with E-state index in [1.54, 1.807) is 0 Å². The van der Waals surface area contributed by atoms with Crippen LogP contribution in [0.3, 0.4) is 0 Å². The number of nitrogens with one attached hydrogen (secondary N) is 1. The molecule has 0 aliphatic carbocycles. The Morgan fingerprint density at radius 1 is 1.29 bits per heavy atom. The SMILES string of the molecule is COC(=O)CC[C@@H](NC(=O)c1ccc(O)cc1O)C(=O)O. The zero-order valence-corrected chi connectivity index (χ0v) is 11.2. The second-order valence-electron chi connectivity index (χ2n) is 4.18. The lowest BCUT2D eigenvalue weighted by Gasteiger charge is -2.14. The summed E-state index contributed by atoms with van der Waals surface area (Å²) in [5.74, 6) is -3.45. The molecule has 1 atom stereocenters. The van der Waals surface area contributed by atoms with E-state index in [0.717, 1.165) is 12.1 Å². The lowest BCUT2D eigenvalue weighted by molar-refractivity contribution is -0.142. The minimum atomic E-state index is -1.31. The second kappa shape index (κ2) is 7.13. The van der Waals surface area contributed by atoms with Gasteiger partial charge in [-0.1, -0.05) is 0 Å². The molecule has 0 aromatic heterocycles. The van der Waals surface area contributed by atoms with Gasteiger partial charge in [0.2, 0.25) is 0 Å². The molecule has 0 fully saturated rings. The molecule has 0 aliphatic rings. The molecule has 1 rings (SSSR count). The first-order chi connectivity index (χ1) is 9.85. The Hall–Kier alpha value is -2.77. The molecule has 0 radical (unpaired) electrons. The van der Waals surface area contributed by atoms with Crippen LogP contribution in [0.4, 0.5) is 0 Å². The van der Waals surface area contributed by atoms with E-state index in [2.05, 4.69) is 10.1 Å². The van der Waals surface area contributed by atoms with E-state index >= 15 is 0 Å². The van der Waals surface area contributed by atoms with E-state index in [0.29, 0.717) is 0 Å². The maximum absolute atomic E-state index is 11.9. The average molecular weight is 297 g/mol. The van der Waals surface area contributed by atoms with E-state index in [4.69, 9.17) is 10.2 Å². The number of phenols is 2. The van der Waals surface area contributed by atoms with E-state index in [1.807, 2.05) is 0 Å². The smallest absolute Gasteiger partial charge is 0.326 e. The molecule has 8 heteroatoms. The van der Waals surface area contributed by atoms with Crippen molar-refractivity contribution in [1.29, 1.82) is 0 Å². The van der Waals surface area contributed by atoms with Gasteiger partial charge in [-0.25, -0.2) is 4.79 Å². The fourth-order valence-electron chi connectivity index (χ4n) is 1.57. The normalized spacial score (nSPS) is 11.5. The molecule has 0 bridgehead atoms. The molecule has 8 nitrogen and oxygen atoms in total. The first kappa shape index (κ1) is 16.3. The summed E-state index contributed by atoms with van der Waals surface area (Å²) in [6.45, 7) is 0. The average Bonchev–Trinajstić information content (AvgIpc) is 2.42. The summed E-state index contributed by atoms with van der Waals surface area (Å²) in [6, 6.07) is 1.99. The molecule has 0 spiro atoms. The number of amides is 1. The molecule has 1 amide bonds. The van der Waals surface area contributed by atoms with Gasteiger partial charge in [-0.15, -0.1) is 0 Å². The Bertz CT molecular complexity index is 555. The maximum atomic E-state index is 11.9. The number of phenolic OH excluding ortho intramolecular Hbond substituents is 2. The summed E-state index contributed by atoms with van der Waals surface area (Å²) in [6.07, 6.45) is -0.318. The Kier molecular flexibility index (Phi) is 5.53. The molecule has 4 N–H and O–H groups in total. The maximum Gasteiger partial charge on any atom is 0.326 e. The Balaban J connectivity index is 2.76. The largest absolute Gasteiger partial charge is 0.508 e. The van der Waals surface area contributed by atoms with Crippen LogP contribution in [-0.2, 0) is 14.3 Å². The molecule has 0 saturated heterocycles. The number of carboxylic acid groups (broad SMARTS) is 1. The number of carbonyl (C=O) groups is 3. The zero-order chi connectivity index (χ0) is 16.0. The Labute approximate surface area is 120 Å². The molecule has 21 heavy (non-hydrogen) atoms. The predicted octanol–water partition coefficient (Wildman–Crippen LogP) is 0.234. The molecular formula is C13H15NO7. The van der Waals surface area contributed by atoms with Crippen LogP contribution in [0.1, 0.15) is 23.2 Å². The van der Waals surface area contributed by atoms with E-state index in [1.165, 1.54) is 13.2 Å². The van der Waals surface area contributed by atoms with Gasteiger partial charge in [-0.2, -0.15) is 0 Å². The van der Waals surface area contributed by atoms with E-state index < -0.39 is 29.6 Å². The molecule has 114 valence electrons. The lowest BCUT2D eigenvalue weighted by Crippen LogP contribution is -2.41. The van der Waals surface area contributed by atoms with Crippen molar-refractivity contribution in [3.8, 4) is 11.5 Å². The number of ether oxygens (including phenoxy) is 1. The Morgan fingerprint density at radius 3 is 2.48 bits per heavy atom.